The van der Waals surface area contributed by atoms with Gasteiger partial charge in [0.15, 0.2) is 11.5 Å². The molecular formula is C25H31N3O3. The maximum absolute atomic E-state index is 12.9. The molecule has 3 heterocycles. The number of ether oxygens (including phenoxy) is 2. The van der Waals surface area contributed by atoms with Crippen molar-refractivity contribution in [1.82, 2.24) is 10.2 Å². The fourth-order valence-electron chi connectivity index (χ4n) is 5.03. The molecule has 2 aromatic rings. The molecule has 0 radical (unpaired) electrons. The highest BCUT2D eigenvalue weighted by atomic mass is 16.7. The van der Waals surface area contributed by atoms with E-state index >= 15 is 0 Å². The Hall–Kier alpha value is -2.73. The standard InChI is InChI=1S/C25H31N3O3/c1-27-11-5-6-18-14-19(7-9-21(18)27)22(28-12-3-2-4-13-28)16-26-25(29)20-8-10-23-24(15-20)31-17-30-23/h7-10,14-15,22H,2-6,11-13,16-17H2,1H3,(H,26,29)/t22-/m0/s1. The minimum atomic E-state index is -0.0713. The van der Waals surface area contributed by atoms with Crippen LogP contribution in [0, 0.1) is 0 Å². The summed E-state index contributed by atoms with van der Waals surface area (Å²) in [6, 6.07) is 12.5. The largest absolute Gasteiger partial charge is 0.454 e. The molecule has 0 aliphatic carbocycles. The third-order valence-electron chi connectivity index (χ3n) is 6.76. The number of rotatable bonds is 5. The average Bonchev–Trinajstić information content (AvgIpc) is 3.28. The van der Waals surface area contributed by atoms with Crippen molar-refractivity contribution in [2.24, 2.45) is 0 Å². The van der Waals surface area contributed by atoms with Crippen molar-refractivity contribution in [3.63, 3.8) is 0 Å². The van der Waals surface area contributed by atoms with Gasteiger partial charge in [0.1, 0.15) is 0 Å². The zero-order valence-electron chi connectivity index (χ0n) is 18.2. The molecule has 1 fully saturated rings. The van der Waals surface area contributed by atoms with Gasteiger partial charge in [-0.3, -0.25) is 9.69 Å². The van der Waals surface area contributed by atoms with Crippen molar-refractivity contribution in [3.8, 4) is 11.5 Å². The minimum Gasteiger partial charge on any atom is -0.454 e. The summed E-state index contributed by atoms with van der Waals surface area (Å²) in [7, 11) is 2.17. The Balaban J connectivity index is 1.35. The van der Waals surface area contributed by atoms with Gasteiger partial charge in [0.2, 0.25) is 6.79 Å². The van der Waals surface area contributed by atoms with Gasteiger partial charge in [-0.15, -0.1) is 0 Å². The van der Waals surface area contributed by atoms with Gasteiger partial charge in [-0.05, 0) is 74.2 Å². The van der Waals surface area contributed by atoms with Crippen LogP contribution in [0.4, 0.5) is 5.69 Å². The van der Waals surface area contributed by atoms with Gasteiger partial charge in [-0.25, -0.2) is 0 Å². The Labute approximate surface area is 184 Å². The number of nitrogens with zero attached hydrogens (tertiary/aromatic N) is 2. The monoisotopic (exact) mass is 421 g/mol. The summed E-state index contributed by atoms with van der Waals surface area (Å²) in [5.74, 6) is 1.26. The summed E-state index contributed by atoms with van der Waals surface area (Å²) in [6.45, 7) is 4.10. The van der Waals surface area contributed by atoms with Crippen molar-refractivity contribution >= 4 is 11.6 Å². The average molecular weight is 422 g/mol. The van der Waals surface area contributed by atoms with E-state index in [9.17, 15) is 4.79 Å². The molecule has 1 N–H and O–H groups in total. The van der Waals surface area contributed by atoms with Crippen molar-refractivity contribution in [2.45, 2.75) is 38.1 Å². The molecule has 6 heteroatoms. The molecule has 6 nitrogen and oxygen atoms in total. The number of benzene rings is 2. The van der Waals surface area contributed by atoms with E-state index in [0.717, 1.165) is 26.1 Å². The molecule has 0 saturated carbocycles. The first kappa shape index (κ1) is 20.2. The van der Waals surface area contributed by atoms with Gasteiger partial charge in [0.25, 0.3) is 5.91 Å². The molecule has 3 aliphatic heterocycles. The van der Waals surface area contributed by atoms with Crippen molar-refractivity contribution < 1.29 is 14.3 Å². The van der Waals surface area contributed by atoms with Crippen LogP contribution in [0.2, 0.25) is 0 Å². The number of hydrogen-bond acceptors (Lipinski definition) is 5. The summed E-state index contributed by atoms with van der Waals surface area (Å²) < 4.78 is 10.8. The molecule has 1 atom stereocenters. The predicted molar refractivity (Wildman–Crippen MR) is 121 cm³/mol. The van der Waals surface area contributed by atoms with Crippen molar-refractivity contribution in [2.75, 3.05) is 44.9 Å². The van der Waals surface area contributed by atoms with Gasteiger partial charge < -0.3 is 19.7 Å². The zero-order chi connectivity index (χ0) is 21.2. The Morgan fingerprint density at radius 3 is 2.71 bits per heavy atom. The van der Waals surface area contributed by atoms with Crippen LogP contribution in [0.3, 0.4) is 0 Å². The Morgan fingerprint density at radius 2 is 1.84 bits per heavy atom. The Morgan fingerprint density at radius 1 is 1.00 bits per heavy atom. The number of piperidine rings is 1. The predicted octanol–water partition coefficient (Wildman–Crippen LogP) is 3.75. The molecule has 1 saturated heterocycles. The highest BCUT2D eigenvalue weighted by Gasteiger charge is 2.25. The molecular weight excluding hydrogens is 390 g/mol. The summed E-state index contributed by atoms with van der Waals surface area (Å²) in [6.07, 6.45) is 6.06. The molecule has 31 heavy (non-hydrogen) atoms. The summed E-state index contributed by atoms with van der Waals surface area (Å²) >= 11 is 0. The van der Waals surface area contributed by atoms with Gasteiger partial charge in [0.05, 0.1) is 6.04 Å². The number of aryl methyl sites for hydroxylation is 1. The number of amides is 1. The molecule has 0 unspecified atom stereocenters. The molecule has 0 aromatic heterocycles. The van der Waals surface area contributed by atoms with Crippen LogP contribution in [0.15, 0.2) is 36.4 Å². The smallest absolute Gasteiger partial charge is 0.251 e. The number of anilines is 1. The fraction of sp³-hybridized carbons (Fsp3) is 0.480. The van der Waals surface area contributed by atoms with Crippen LogP contribution >= 0.6 is 0 Å². The first-order chi connectivity index (χ1) is 15.2. The first-order valence-electron chi connectivity index (χ1n) is 11.4. The lowest BCUT2D eigenvalue weighted by Crippen LogP contribution is -2.40. The van der Waals surface area contributed by atoms with Crippen LogP contribution in [-0.2, 0) is 6.42 Å². The number of hydrogen-bond donors (Lipinski definition) is 1. The van der Waals surface area contributed by atoms with E-state index in [4.69, 9.17) is 9.47 Å². The maximum atomic E-state index is 12.9. The third kappa shape index (κ3) is 4.22. The number of nitrogens with one attached hydrogen (secondary N) is 1. The van der Waals surface area contributed by atoms with Crippen molar-refractivity contribution in [1.29, 1.82) is 0 Å². The minimum absolute atomic E-state index is 0.0713. The molecule has 0 spiro atoms. The van der Waals surface area contributed by atoms with Crippen LogP contribution in [0.1, 0.15) is 53.2 Å². The van der Waals surface area contributed by atoms with Gasteiger partial charge in [0, 0.05) is 31.4 Å². The second-order valence-corrected chi connectivity index (χ2v) is 8.80. The lowest BCUT2D eigenvalue weighted by Gasteiger charge is -2.36. The second-order valence-electron chi connectivity index (χ2n) is 8.80. The summed E-state index contributed by atoms with van der Waals surface area (Å²) in [5, 5.41) is 3.19. The highest BCUT2D eigenvalue weighted by Crippen LogP contribution is 2.33. The number of carbonyl (C=O) groups excluding carboxylic acids is 1. The van der Waals surface area contributed by atoms with Crippen LogP contribution < -0.4 is 19.7 Å². The lowest BCUT2D eigenvalue weighted by atomic mass is 9.95. The third-order valence-corrected chi connectivity index (χ3v) is 6.76. The molecule has 2 aromatic carbocycles. The van der Waals surface area contributed by atoms with Gasteiger partial charge in [-0.1, -0.05) is 18.6 Å². The van der Waals surface area contributed by atoms with Gasteiger partial charge in [-0.2, -0.15) is 0 Å². The highest BCUT2D eigenvalue weighted by molar-refractivity contribution is 5.95. The Bertz CT molecular complexity index is 955. The fourth-order valence-corrected chi connectivity index (χ4v) is 5.03. The molecule has 1 amide bonds. The van der Waals surface area contributed by atoms with Crippen LogP contribution in [0.25, 0.3) is 0 Å². The van der Waals surface area contributed by atoms with E-state index < -0.39 is 0 Å². The van der Waals surface area contributed by atoms with Crippen LogP contribution in [-0.4, -0.2) is 50.8 Å². The number of fused-ring (bicyclic) bond motifs is 2. The number of likely N-dealkylation sites (tertiary alicyclic amines) is 1. The maximum Gasteiger partial charge on any atom is 0.251 e. The molecule has 0 bridgehead atoms. The van der Waals surface area contributed by atoms with E-state index in [1.54, 1.807) is 18.2 Å². The van der Waals surface area contributed by atoms with Crippen LogP contribution in [0.5, 0.6) is 11.5 Å². The quantitative estimate of drug-likeness (QED) is 0.797. The lowest BCUT2D eigenvalue weighted by molar-refractivity contribution is 0.0924. The summed E-state index contributed by atoms with van der Waals surface area (Å²) in [4.78, 5) is 17.8. The Kier molecular flexibility index (Phi) is 5.72. The zero-order valence-corrected chi connectivity index (χ0v) is 18.2. The van der Waals surface area contributed by atoms with E-state index in [0.29, 0.717) is 23.6 Å². The molecule has 3 aliphatic rings. The van der Waals surface area contributed by atoms with Gasteiger partial charge >= 0.3 is 0 Å². The molecule has 5 rings (SSSR count). The second kappa shape index (κ2) is 8.79. The number of carbonyl (C=O) groups is 1. The molecule has 164 valence electrons. The topological polar surface area (TPSA) is 54.0 Å². The normalized spacial score (nSPS) is 19.1. The van der Waals surface area contributed by atoms with Crippen molar-refractivity contribution in [3.05, 3.63) is 53.1 Å². The van der Waals surface area contributed by atoms with E-state index in [2.05, 4.69) is 40.4 Å². The van der Waals surface area contributed by atoms with E-state index in [-0.39, 0.29) is 18.7 Å². The summed E-state index contributed by atoms with van der Waals surface area (Å²) in [5.41, 5.74) is 4.68. The SMILES string of the molecule is CN1CCCc2cc([C@H](CNC(=O)c3ccc4c(c3)OCO4)N3CCCCC3)ccc21. The first-order valence-corrected chi connectivity index (χ1v) is 11.4. The van der Waals surface area contributed by atoms with E-state index in [1.807, 2.05) is 0 Å². The van der Waals surface area contributed by atoms with E-state index in [1.165, 1.54) is 42.5 Å².